The number of benzene rings is 2. The van der Waals surface area contributed by atoms with E-state index in [0.29, 0.717) is 10.2 Å². The minimum absolute atomic E-state index is 0.308. The summed E-state index contributed by atoms with van der Waals surface area (Å²) in [6, 6.07) is 8.60. The van der Waals surface area contributed by atoms with Crippen LogP contribution >= 0.6 is 15.9 Å². The second-order valence-corrected chi connectivity index (χ2v) is 6.81. The lowest BCUT2D eigenvalue weighted by atomic mass is 10.1. The molecule has 0 aliphatic carbocycles. The molecule has 0 N–H and O–H groups in total. The molecule has 0 fully saturated rings. The van der Waals surface area contributed by atoms with Crippen molar-refractivity contribution in [2.45, 2.75) is 34.1 Å². The molecule has 25 heavy (non-hydrogen) atoms. The van der Waals surface area contributed by atoms with Gasteiger partial charge in [0, 0.05) is 13.1 Å². The SMILES string of the molecule is CCCN(C=Nc1cc(C)c(Oc2ccc(F)c(Br)c2)cc1C)CC. The van der Waals surface area contributed by atoms with E-state index in [-0.39, 0.29) is 5.82 Å². The lowest BCUT2D eigenvalue weighted by molar-refractivity contribution is 0.452. The average molecular weight is 407 g/mol. The molecule has 0 aromatic heterocycles. The first-order chi connectivity index (χ1) is 11.9. The lowest BCUT2D eigenvalue weighted by Gasteiger charge is -2.16. The van der Waals surface area contributed by atoms with Crippen LogP contribution in [0.5, 0.6) is 11.5 Å². The van der Waals surface area contributed by atoms with Crippen molar-refractivity contribution in [2.24, 2.45) is 4.99 Å². The molecule has 134 valence electrons. The minimum atomic E-state index is -0.308. The average Bonchev–Trinajstić information content (AvgIpc) is 2.58. The Bertz CT molecular complexity index is 762. The zero-order valence-electron chi connectivity index (χ0n) is 15.1. The zero-order valence-corrected chi connectivity index (χ0v) is 16.7. The Morgan fingerprint density at radius 1 is 1.16 bits per heavy atom. The fourth-order valence-electron chi connectivity index (χ4n) is 2.42. The maximum absolute atomic E-state index is 13.3. The van der Waals surface area contributed by atoms with E-state index in [1.165, 1.54) is 6.07 Å². The van der Waals surface area contributed by atoms with E-state index >= 15 is 0 Å². The van der Waals surface area contributed by atoms with E-state index in [4.69, 9.17) is 4.74 Å². The molecule has 0 bridgehead atoms. The molecular formula is C20H24BrFN2O. The Kier molecular flexibility index (Phi) is 7.00. The van der Waals surface area contributed by atoms with Crippen molar-refractivity contribution in [3.8, 4) is 11.5 Å². The Balaban J connectivity index is 2.21. The normalized spacial score (nSPS) is 11.1. The Labute approximate surface area is 157 Å². The van der Waals surface area contributed by atoms with Gasteiger partial charge in [0.25, 0.3) is 0 Å². The second kappa shape index (κ2) is 8.99. The highest BCUT2D eigenvalue weighted by Crippen LogP contribution is 2.32. The molecule has 0 atom stereocenters. The first-order valence-electron chi connectivity index (χ1n) is 8.47. The van der Waals surface area contributed by atoms with Crippen LogP contribution in [0.2, 0.25) is 0 Å². The molecule has 0 aliphatic rings. The van der Waals surface area contributed by atoms with Crippen LogP contribution < -0.4 is 4.74 Å². The molecule has 0 saturated heterocycles. The van der Waals surface area contributed by atoms with Crippen molar-refractivity contribution < 1.29 is 9.13 Å². The van der Waals surface area contributed by atoms with E-state index in [9.17, 15) is 4.39 Å². The Hall–Kier alpha value is -1.88. The number of nitrogens with zero attached hydrogens (tertiary/aromatic N) is 2. The number of hydrogen-bond donors (Lipinski definition) is 0. The van der Waals surface area contributed by atoms with Crippen molar-refractivity contribution in [1.29, 1.82) is 0 Å². The third-order valence-corrected chi connectivity index (χ3v) is 4.50. The summed E-state index contributed by atoms with van der Waals surface area (Å²) in [5.74, 6) is 1.03. The third kappa shape index (κ3) is 5.30. The summed E-state index contributed by atoms with van der Waals surface area (Å²) in [7, 11) is 0. The lowest BCUT2D eigenvalue weighted by Crippen LogP contribution is -2.21. The largest absolute Gasteiger partial charge is 0.457 e. The van der Waals surface area contributed by atoms with Gasteiger partial charge < -0.3 is 9.64 Å². The molecule has 0 heterocycles. The van der Waals surface area contributed by atoms with Crippen molar-refractivity contribution in [2.75, 3.05) is 13.1 Å². The van der Waals surface area contributed by atoms with Crippen LogP contribution in [-0.2, 0) is 0 Å². The van der Waals surface area contributed by atoms with E-state index in [1.54, 1.807) is 12.1 Å². The summed E-state index contributed by atoms with van der Waals surface area (Å²) in [5, 5.41) is 0. The quantitative estimate of drug-likeness (QED) is 0.393. The number of hydrogen-bond acceptors (Lipinski definition) is 2. The van der Waals surface area contributed by atoms with Gasteiger partial charge in [-0.25, -0.2) is 9.38 Å². The summed E-state index contributed by atoms with van der Waals surface area (Å²) in [4.78, 5) is 6.81. The fourth-order valence-corrected chi connectivity index (χ4v) is 2.78. The van der Waals surface area contributed by atoms with Gasteiger partial charge in [0.15, 0.2) is 0 Å². The van der Waals surface area contributed by atoms with Gasteiger partial charge in [0.2, 0.25) is 0 Å². The number of halogens is 2. The summed E-state index contributed by atoms with van der Waals surface area (Å²) in [6.07, 6.45) is 3.00. The molecule has 0 radical (unpaired) electrons. The highest BCUT2D eigenvalue weighted by atomic mass is 79.9. The number of rotatable bonds is 7. The topological polar surface area (TPSA) is 24.8 Å². The van der Waals surface area contributed by atoms with E-state index in [2.05, 4.69) is 39.7 Å². The maximum Gasteiger partial charge on any atom is 0.137 e. The van der Waals surface area contributed by atoms with Crippen molar-refractivity contribution >= 4 is 28.0 Å². The molecule has 0 unspecified atom stereocenters. The first kappa shape index (κ1) is 19.4. The molecular weight excluding hydrogens is 383 g/mol. The summed E-state index contributed by atoms with van der Waals surface area (Å²) >= 11 is 3.18. The fraction of sp³-hybridized carbons (Fsp3) is 0.350. The van der Waals surface area contributed by atoms with Crippen molar-refractivity contribution in [3.05, 3.63) is 51.7 Å². The molecule has 0 aliphatic heterocycles. The molecule has 2 aromatic carbocycles. The van der Waals surface area contributed by atoms with Crippen LogP contribution in [0.25, 0.3) is 0 Å². The van der Waals surface area contributed by atoms with Gasteiger partial charge in [-0.15, -0.1) is 0 Å². The van der Waals surface area contributed by atoms with Crippen LogP contribution in [0.15, 0.2) is 39.8 Å². The molecule has 5 heteroatoms. The van der Waals surface area contributed by atoms with Crippen LogP contribution in [0.4, 0.5) is 10.1 Å². The first-order valence-corrected chi connectivity index (χ1v) is 9.26. The van der Waals surface area contributed by atoms with Crippen LogP contribution in [0.3, 0.4) is 0 Å². The summed E-state index contributed by atoms with van der Waals surface area (Å²) in [5.41, 5.74) is 2.95. The third-order valence-electron chi connectivity index (χ3n) is 3.89. The van der Waals surface area contributed by atoms with Gasteiger partial charge in [-0.3, -0.25) is 0 Å². The Morgan fingerprint density at radius 2 is 1.92 bits per heavy atom. The van der Waals surface area contributed by atoms with Gasteiger partial charge in [-0.1, -0.05) is 6.92 Å². The predicted octanol–water partition coefficient (Wildman–Crippen LogP) is 6.39. The van der Waals surface area contributed by atoms with Gasteiger partial charge in [0.05, 0.1) is 16.5 Å². The molecule has 0 amide bonds. The number of aryl methyl sites for hydroxylation is 2. The number of aliphatic imine (C=N–C) groups is 1. The molecule has 2 rings (SSSR count). The molecule has 0 spiro atoms. The molecule has 3 nitrogen and oxygen atoms in total. The van der Waals surface area contributed by atoms with Gasteiger partial charge >= 0.3 is 0 Å². The van der Waals surface area contributed by atoms with Crippen LogP contribution in [0, 0.1) is 19.7 Å². The van der Waals surface area contributed by atoms with Crippen LogP contribution in [0.1, 0.15) is 31.4 Å². The van der Waals surface area contributed by atoms with Gasteiger partial charge in [-0.2, -0.15) is 0 Å². The van der Waals surface area contributed by atoms with Crippen molar-refractivity contribution in [3.63, 3.8) is 0 Å². The van der Waals surface area contributed by atoms with E-state index in [0.717, 1.165) is 42.1 Å². The molecule has 0 saturated carbocycles. The standard InChI is InChI=1S/C20H24BrFN2O/c1-5-9-24(6-2)13-23-19-10-15(4)20(11-14(19)3)25-16-7-8-18(22)17(21)12-16/h7-8,10-13H,5-6,9H2,1-4H3. The second-order valence-electron chi connectivity index (χ2n) is 5.96. The van der Waals surface area contributed by atoms with E-state index in [1.807, 2.05) is 32.3 Å². The summed E-state index contributed by atoms with van der Waals surface area (Å²) in [6.45, 7) is 10.2. The Morgan fingerprint density at radius 3 is 2.56 bits per heavy atom. The van der Waals surface area contributed by atoms with E-state index < -0.39 is 0 Å². The van der Waals surface area contributed by atoms with Gasteiger partial charge in [0.1, 0.15) is 17.3 Å². The number of ether oxygens (including phenoxy) is 1. The van der Waals surface area contributed by atoms with Gasteiger partial charge in [-0.05, 0) is 84.6 Å². The molecule has 2 aromatic rings. The minimum Gasteiger partial charge on any atom is -0.457 e. The predicted molar refractivity (Wildman–Crippen MR) is 106 cm³/mol. The zero-order chi connectivity index (χ0) is 18.4. The van der Waals surface area contributed by atoms with Crippen molar-refractivity contribution in [1.82, 2.24) is 4.90 Å². The summed E-state index contributed by atoms with van der Waals surface area (Å²) < 4.78 is 19.6. The highest BCUT2D eigenvalue weighted by molar-refractivity contribution is 9.10. The smallest absolute Gasteiger partial charge is 0.137 e. The maximum atomic E-state index is 13.3. The highest BCUT2D eigenvalue weighted by Gasteiger charge is 2.08. The van der Waals surface area contributed by atoms with Crippen LogP contribution in [-0.4, -0.2) is 24.3 Å². The monoisotopic (exact) mass is 406 g/mol.